The predicted octanol–water partition coefficient (Wildman–Crippen LogP) is 4.50. The lowest BCUT2D eigenvalue weighted by Gasteiger charge is -2.28. The molecule has 2 N–H and O–H groups in total. The lowest BCUT2D eigenvalue weighted by Crippen LogP contribution is -2.32. The van der Waals surface area contributed by atoms with Crippen LogP contribution in [0.25, 0.3) is 22.0 Å². The van der Waals surface area contributed by atoms with Crippen LogP contribution in [-0.2, 0) is 0 Å². The molecule has 0 atom stereocenters. The minimum atomic E-state index is -0.961. The number of amides is 1. The molecule has 144 valence electrons. The van der Waals surface area contributed by atoms with Gasteiger partial charge in [-0.3, -0.25) is 0 Å². The van der Waals surface area contributed by atoms with Crippen LogP contribution in [0.4, 0.5) is 4.79 Å². The molecular weight excluding hydrogens is 354 g/mol. The van der Waals surface area contributed by atoms with Crippen molar-refractivity contribution in [2.75, 3.05) is 6.54 Å². The van der Waals surface area contributed by atoms with Crippen molar-refractivity contribution in [3.63, 3.8) is 0 Å². The Kier molecular flexibility index (Phi) is 5.37. The first-order valence-electron chi connectivity index (χ1n) is 9.63. The smallest absolute Gasteiger partial charge is 0.404 e. The van der Waals surface area contributed by atoms with Crippen LogP contribution in [0, 0.1) is 5.92 Å². The molecule has 1 amide bonds. The Morgan fingerprint density at radius 2 is 1.86 bits per heavy atom. The summed E-state index contributed by atoms with van der Waals surface area (Å²) in [7, 11) is 0. The van der Waals surface area contributed by atoms with E-state index in [9.17, 15) is 4.79 Å². The molecule has 1 aliphatic carbocycles. The fourth-order valence-electron chi connectivity index (χ4n) is 3.74. The standard InChI is InChI=1S/C22H23N3O3/c26-22(27)24-14-15-5-9-19(10-6-15)28-21-23-12-11-20(25-21)18-8-7-16-3-1-2-4-17(16)13-18/h1-4,7-8,11-13,15,19,24H,5-6,9-10,14H2,(H,26,27)/t15-,19-. The van der Waals surface area contributed by atoms with Crippen molar-refractivity contribution in [2.24, 2.45) is 5.92 Å². The van der Waals surface area contributed by atoms with Gasteiger partial charge < -0.3 is 15.2 Å². The minimum Gasteiger partial charge on any atom is -0.465 e. The quantitative estimate of drug-likeness (QED) is 0.684. The maximum atomic E-state index is 10.6. The van der Waals surface area contributed by atoms with Gasteiger partial charge in [0.1, 0.15) is 6.10 Å². The summed E-state index contributed by atoms with van der Waals surface area (Å²) in [6.07, 6.45) is 4.50. The van der Waals surface area contributed by atoms with Gasteiger partial charge in [-0.25, -0.2) is 9.78 Å². The highest BCUT2D eigenvalue weighted by Crippen LogP contribution is 2.28. The minimum absolute atomic E-state index is 0.0768. The number of hydrogen-bond acceptors (Lipinski definition) is 4. The van der Waals surface area contributed by atoms with Gasteiger partial charge in [-0.15, -0.1) is 0 Å². The molecule has 0 aliphatic heterocycles. The van der Waals surface area contributed by atoms with Crippen LogP contribution in [0.3, 0.4) is 0 Å². The van der Waals surface area contributed by atoms with Crippen LogP contribution in [-0.4, -0.2) is 33.8 Å². The molecule has 6 nitrogen and oxygen atoms in total. The van der Waals surface area contributed by atoms with E-state index in [1.165, 1.54) is 10.8 Å². The van der Waals surface area contributed by atoms with Crippen molar-refractivity contribution >= 4 is 16.9 Å². The highest BCUT2D eigenvalue weighted by molar-refractivity contribution is 5.86. The molecule has 2 aromatic carbocycles. The summed E-state index contributed by atoms with van der Waals surface area (Å²) in [6.45, 7) is 0.510. The second-order valence-corrected chi connectivity index (χ2v) is 7.23. The number of nitrogens with zero attached hydrogens (tertiary/aromatic N) is 2. The number of ether oxygens (including phenoxy) is 1. The number of fused-ring (bicyclic) bond motifs is 1. The zero-order valence-corrected chi connectivity index (χ0v) is 15.5. The molecule has 1 saturated carbocycles. The summed E-state index contributed by atoms with van der Waals surface area (Å²) in [5, 5.41) is 13.6. The van der Waals surface area contributed by atoms with Gasteiger partial charge in [0.2, 0.25) is 0 Å². The summed E-state index contributed by atoms with van der Waals surface area (Å²) in [5.41, 5.74) is 1.88. The molecule has 28 heavy (non-hydrogen) atoms. The number of hydrogen-bond donors (Lipinski definition) is 2. The summed E-state index contributed by atoms with van der Waals surface area (Å²) in [4.78, 5) is 19.5. The normalized spacial score (nSPS) is 19.3. The number of aromatic nitrogens is 2. The van der Waals surface area contributed by atoms with Crippen molar-refractivity contribution < 1.29 is 14.6 Å². The Bertz CT molecular complexity index is 968. The molecular formula is C22H23N3O3. The van der Waals surface area contributed by atoms with Gasteiger partial charge in [0, 0.05) is 18.3 Å². The third-order valence-electron chi connectivity index (χ3n) is 5.29. The van der Waals surface area contributed by atoms with Crippen LogP contribution in [0.5, 0.6) is 6.01 Å². The Hall–Kier alpha value is -3.15. The Morgan fingerprint density at radius 3 is 2.64 bits per heavy atom. The van der Waals surface area contributed by atoms with Crippen LogP contribution in [0.2, 0.25) is 0 Å². The number of nitrogens with one attached hydrogen (secondary N) is 1. The second-order valence-electron chi connectivity index (χ2n) is 7.23. The molecule has 0 saturated heterocycles. The van der Waals surface area contributed by atoms with E-state index in [1.54, 1.807) is 6.20 Å². The van der Waals surface area contributed by atoms with E-state index in [2.05, 4.69) is 45.6 Å². The summed E-state index contributed by atoms with van der Waals surface area (Å²) in [5.74, 6) is 0.376. The molecule has 1 aromatic heterocycles. The van der Waals surface area contributed by atoms with Gasteiger partial charge in [0.25, 0.3) is 0 Å². The Balaban J connectivity index is 1.41. The van der Waals surface area contributed by atoms with E-state index in [4.69, 9.17) is 9.84 Å². The third-order valence-corrected chi connectivity index (χ3v) is 5.29. The molecule has 1 heterocycles. The fourth-order valence-corrected chi connectivity index (χ4v) is 3.74. The third kappa shape index (κ3) is 4.39. The van der Waals surface area contributed by atoms with Crippen LogP contribution < -0.4 is 10.1 Å². The average molecular weight is 377 g/mol. The van der Waals surface area contributed by atoms with Crippen molar-refractivity contribution in [1.29, 1.82) is 0 Å². The molecule has 0 bridgehead atoms. The highest BCUT2D eigenvalue weighted by Gasteiger charge is 2.23. The van der Waals surface area contributed by atoms with Crippen molar-refractivity contribution in [2.45, 2.75) is 31.8 Å². The number of rotatable bonds is 5. The van der Waals surface area contributed by atoms with Crippen molar-refractivity contribution in [3.05, 3.63) is 54.7 Å². The summed E-state index contributed by atoms with van der Waals surface area (Å²) < 4.78 is 6.02. The lowest BCUT2D eigenvalue weighted by molar-refractivity contribution is 0.119. The van der Waals surface area contributed by atoms with Crippen LogP contribution >= 0.6 is 0 Å². The summed E-state index contributed by atoms with van der Waals surface area (Å²) >= 11 is 0. The second kappa shape index (κ2) is 8.25. The maximum absolute atomic E-state index is 10.6. The van der Waals surface area contributed by atoms with E-state index >= 15 is 0 Å². The molecule has 3 aromatic rings. The van der Waals surface area contributed by atoms with Gasteiger partial charge in [0.05, 0.1) is 5.69 Å². The van der Waals surface area contributed by atoms with Gasteiger partial charge in [-0.1, -0.05) is 36.4 Å². The van der Waals surface area contributed by atoms with Gasteiger partial charge in [0.15, 0.2) is 0 Å². The van der Waals surface area contributed by atoms with Crippen molar-refractivity contribution in [1.82, 2.24) is 15.3 Å². The van der Waals surface area contributed by atoms with E-state index in [0.717, 1.165) is 36.9 Å². The van der Waals surface area contributed by atoms with Crippen molar-refractivity contribution in [3.8, 4) is 17.3 Å². The van der Waals surface area contributed by atoms with Crippen LogP contribution in [0.1, 0.15) is 25.7 Å². The molecule has 0 radical (unpaired) electrons. The molecule has 1 aliphatic rings. The van der Waals surface area contributed by atoms with E-state index < -0.39 is 6.09 Å². The number of benzene rings is 2. The first-order chi connectivity index (χ1) is 13.7. The number of carboxylic acid groups (broad SMARTS) is 1. The fraction of sp³-hybridized carbons (Fsp3) is 0.318. The maximum Gasteiger partial charge on any atom is 0.404 e. The van der Waals surface area contributed by atoms with E-state index in [0.29, 0.717) is 18.5 Å². The lowest BCUT2D eigenvalue weighted by atomic mass is 9.87. The molecule has 6 heteroatoms. The van der Waals surface area contributed by atoms with Gasteiger partial charge >= 0.3 is 12.1 Å². The SMILES string of the molecule is O=C(O)NC[C@H]1CC[C@H](Oc2nccc(-c3ccc4ccccc4c3)n2)CC1. The Morgan fingerprint density at radius 1 is 1.07 bits per heavy atom. The largest absolute Gasteiger partial charge is 0.465 e. The van der Waals surface area contributed by atoms with Gasteiger partial charge in [-0.05, 0) is 54.5 Å². The predicted molar refractivity (Wildman–Crippen MR) is 107 cm³/mol. The van der Waals surface area contributed by atoms with Gasteiger partial charge in [-0.2, -0.15) is 4.98 Å². The molecule has 4 rings (SSSR count). The van der Waals surface area contributed by atoms with E-state index in [1.807, 2.05) is 18.2 Å². The topological polar surface area (TPSA) is 84.3 Å². The average Bonchev–Trinajstić information content (AvgIpc) is 2.73. The molecule has 0 spiro atoms. The number of carbonyl (C=O) groups is 1. The first kappa shape index (κ1) is 18.2. The molecule has 0 unspecified atom stereocenters. The monoisotopic (exact) mass is 377 g/mol. The Labute approximate surface area is 163 Å². The zero-order valence-electron chi connectivity index (χ0n) is 15.5. The van der Waals surface area contributed by atoms with Crippen LogP contribution in [0.15, 0.2) is 54.7 Å². The molecule has 1 fully saturated rings. The van der Waals surface area contributed by atoms with E-state index in [-0.39, 0.29) is 6.10 Å². The highest BCUT2D eigenvalue weighted by atomic mass is 16.5. The summed E-state index contributed by atoms with van der Waals surface area (Å²) in [6, 6.07) is 16.8. The first-order valence-corrected chi connectivity index (χ1v) is 9.63. The zero-order chi connectivity index (χ0) is 19.3.